The zero-order valence-corrected chi connectivity index (χ0v) is 16.9. The number of anilines is 4. The molecule has 4 rings (SSSR count). The summed E-state index contributed by atoms with van der Waals surface area (Å²) >= 11 is 0. The van der Waals surface area contributed by atoms with E-state index in [0.717, 1.165) is 41.3 Å². The van der Waals surface area contributed by atoms with Crippen LogP contribution in [0.25, 0.3) is 0 Å². The van der Waals surface area contributed by atoms with Crippen molar-refractivity contribution in [3.63, 3.8) is 0 Å². The number of rotatable bonds is 5. The number of hydrogen-bond acceptors (Lipinski definition) is 4. The molecule has 0 saturated carbocycles. The summed E-state index contributed by atoms with van der Waals surface area (Å²) in [6.45, 7) is 6.31. The molecule has 0 unspecified atom stereocenters. The van der Waals surface area contributed by atoms with Gasteiger partial charge in [0.15, 0.2) is 0 Å². The van der Waals surface area contributed by atoms with Crippen molar-refractivity contribution in [2.24, 2.45) is 0 Å². The number of aryl methyl sites for hydroxylation is 1. The first kappa shape index (κ1) is 19.0. The van der Waals surface area contributed by atoms with E-state index < -0.39 is 0 Å². The quantitative estimate of drug-likeness (QED) is 0.625. The van der Waals surface area contributed by atoms with Crippen LogP contribution in [0.5, 0.6) is 0 Å². The van der Waals surface area contributed by atoms with Crippen molar-refractivity contribution in [1.82, 2.24) is 4.98 Å². The van der Waals surface area contributed by atoms with Gasteiger partial charge in [0.2, 0.25) is 0 Å². The van der Waals surface area contributed by atoms with Gasteiger partial charge in [0.05, 0.1) is 17.4 Å². The third kappa shape index (κ3) is 4.40. The Bertz CT molecular complexity index is 1010. The number of aromatic nitrogens is 1. The topological polar surface area (TPSA) is 57.3 Å². The van der Waals surface area contributed by atoms with Gasteiger partial charge in [-0.1, -0.05) is 12.1 Å². The van der Waals surface area contributed by atoms with Crippen molar-refractivity contribution in [2.45, 2.75) is 26.7 Å². The van der Waals surface area contributed by atoms with Crippen LogP contribution in [0.2, 0.25) is 0 Å². The maximum absolute atomic E-state index is 12.7. The molecule has 3 aromatic rings. The summed E-state index contributed by atoms with van der Waals surface area (Å²) in [4.78, 5) is 19.3. The van der Waals surface area contributed by atoms with E-state index >= 15 is 0 Å². The Hall–Kier alpha value is -3.34. The Morgan fingerprint density at radius 3 is 2.48 bits per heavy atom. The average molecular weight is 386 g/mol. The Morgan fingerprint density at radius 1 is 0.966 bits per heavy atom. The van der Waals surface area contributed by atoms with E-state index in [1.165, 1.54) is 18.5 Å². The van der Waals surface area contributed by atoms with Crippen molar-refractivity contribution in [3.05, 3.63) is 77.6 Å². The molecule has 0 bridgehead atoms. The van der Waals surface area contributed by atoms with Crippen molar-refractivity contribution < 1.29 is 4.79 Å². The number of pyridine rings is 1. The van der Waals surface area contributed by atoms with E-state index in [2.05, 4.69) is 44.8 Å². The second-order valence-electron chi connectivity index (χ2n) is 7.53. The van der Waals surface area contributed by atoms with Gasteiger partial charge in [0.25, 0.3) is 5.91 Å². The maximum atomic E-state index is 12.7. The highest BCUT2D eigenvalue weighted by Gasteiger charge is 2.12. The van der Waals surface area contributed by atoms with Gasteiger partial charge >= 0.3 is 0 Å². The number of carbonyl (C=O) groups excluding carboxylic acids is 1. The normalized spacial score (nSPS) is 13.4. The number of nitrogens with zero attached hydrogens (tertiary/aromatic N) is 2. The standard InChI is InChI=1S/C24H26N4O/c1-17-6-5-7-23(18(17)2)27-24(29)19-14-21(16-25-15-19)26-20-8-10-22(11-9-20)28-12-3-4-13-28/h5-11,14-16,26H,3-4,12-13H2,1-2H3,(H,27,29). The molecule has 5 nitrogen and oxygen atoms in total. The molecule has 2 N–H and O–H groups in total. The van der Waals surface area contributed by atoms with Crippen molar-refractivity contribution in [3.8, 4) is 0 Å². The molecule has 1 aliphatic heterocycles. The van der Waals surface area contributed by atoms with Crippen LogP contribution in [0.3, 0.4) is 0 Å². The highest BCUT2D eigenvalue weighted by Crippen LogP contribution is 2.24. The molecule has 0 atom stereocenters. The molecular weight excluding hydrogens is 360 g/mol. The monoisotopic (exact) mass is 386 g/mol. The molecule has 0 radical (unpaired) electrons. The summed E-state index contributed by atoms with van der Waals surface area (Å²) in [6, 6.07) is 16.1. The van der Waals surface area contributed by atoms with Gasteiger partial charge < -0.3 is 15.5 Å². The van der Waals surface area contributed by atoms with Crippen LogP contribution in [0.1, 0.15) is 34.3 Å². The molecule has 2 heterocycles. The lowest BCUT2D eigenvalue weighted by molar-refractivity contribution is 0.102. The van der Waals surface area contributed by atoms with Gasteiger partial charge in [-0.05, 0) is 74.2 Å². The van der Waals surface area contributed by atoms with E-state index in [1.807, 2.05) is 38.1 Å². The average Bonchev–Trinajstić information content (AvgIpc) is 3.27. The molecule has 0 aliphatic carbocycles. The number of hydrogen-bond donors (Lipinski definition) is 2. The maximum Gasteiger partial charge on any atom is 0.257 e. The largest absolute Gasteiger partial charge is 0.372 e. The van der Waals surface area contributed by atoms with E-state index in [4.69, 9.17) is 0 Å². The van der Waals surface area contributed by atoms with Crippen molar-refractivity contribution in [1.29, 1.82) is 0 Å². The van der Waals surface area contributed by atoms with Crippen LogP contribution in [0.4, 0.5) is 22.7 Å². The van der Waals surface area contributed by atoms with Gasteiger partial charge in [-0.3, -0.25) is 9.78 Å². The SMILES string of the molecule is Cc1cccc(NC(=O)c2cncc(Nc3ccc(N4CCCC4)cc3)c2)c1C. The van der Waals surface area contributed by atoms with Gasteiger partial charge in [-0.15, -0.1) is 0 Å². The van der Waals surface area contributed by atoms with E-state index in [9.17, 15) is 4.79 Å². The lowest BCUT2D eigenvalue weighted by Crippen LogP contribution is -2.17. The molecule has 1 aliphatic rings. The van der Waals surface area contributed by atoms with Gasteiger partial charge in [-0.25, -0.2) is 0 Å². The molecule has 29 heavy (non-hydrogen) atoms. The highest BCUT2D eigenvalue weighted by molar-refractivity contribution is 6.05. The lowest BCUT2D eigenvalue weighted by atomic mass is 10.1. The van der Waals surface area contributed by atoms with Crippen LogP contribution >= 0.6 is 0 Å². The molecule has 0 spiro atoms. The first-order valence-corrected chi connectivity index (χ1v) is 10.0. The van der Waals surface area contributed by atoms with Crippen LogP contribution in [0, 0.1) is 13.8 Å². The molecule has 1 saturated heterocycles. The molecule has 1 fully saturated rings. The summed E-state index contributed by atoms with van der Waals surface area (Å²) in [5.74, 6) is -0.167. The van der Waals surface area contributed by atoms with Gasteiger partial charge in [0.1, 0.15) is 0 Å². The summed E-state index contributed by atoms with van der Waals surface area (Å²) < 4.78 is 0. The molecule has 148 valence electrons. The smallest absolute Gasteiger partial charge is 0.257 e. The Balaban J connectivity index is 1.45. The second kappa shape index (κ2) is 8.35. The number of benzene rings is 2. The van der Waals surface area contributed by atoms with E-state index in [0.29, 0.717) is 5.56 Å². The highest BCUT2D eigenvalue weighted by atomic mass is 16.1. The minimum atomic E-state index is -0.167. The van der Waals surface area contributed by atoms with Crippen molar-refractivity contribution in [2.75, 3.05) is 28.6 Å². The predicted molar refractivity (Wildman–Crippen MR) is 119 cm³/mol. The third-order valence-electron chi connectivity index (χ3n) is 5.48. The van der Waals surface area contributed by atoms with Crippen LogP contribution in [-0.2, 0) is 0 Å². The summed E-state index contributed by atoms with van der Waals surface area (Å²) in [6.07, 6.45) is 5.84. The first-order valence-electron chi connectivity index (χ1n) is 10.0. The van der Waals surface area contributed by atoms with E-state index in [1.54, 1.807) is 12.4 Å². The van der Waals surface area contributed by atoms with Crippen LogP contribution in [-0.4, -0.2) is 24.0 Å². The molecular formula is C24H26N4O. The summed E-state index contributed by atoms with van der Waals surface area (Å²) in [5.41, 5.74) is 6.58. The summed E-state index contributed by atoms with van der Waals surface area (Å²) in [5, 5.41) is 6.33. The van der Waals surface area contributed by atoms with Gasteiger partial charge in [-0.2, -0.15) is 0 Å². The van der Waals surface area contributed by atoms with Gasteiger partial charge in [0, 0.05) is 36.3 Å². The Kier molecular flexibility index (Phi) is 5.47. The predicted octanol–water partition coefficient (Wildman–Crippen LogP) is 5.29. The fraction of sp³-hybridized carbons (Fsp3) is 0.250. The zero-order chi connectivity index (χ0) is 20.2. The fourth-order valence-corrected chi connectivity index (χ4v) is 3.61. The summed E-state index contributed by atoms with van der Waals surface area (Å²) in [7, 11) is 0. The van der Waals surface area contributed by atoms with Crippen LogP contribution in [0.15, 0.2) is 60.9 Å². The molecule has 5 heteroatoms. The van der Waals surface area contributed by atoms with Crippen molar-refractivity contribution >= 4 is 28.7 Å². The Morgan fingerprint density at radius 2 is 1.72 bits per heavy atom. The fourth-order valence-electron chi connectivity index (χ4n) is 3.61. The number of carbonyl (C=O) groups is 1. The first-order chi connectivity index (χ1) is 14.1. The Labute approximate surface area is 171 Å². The number of amides is 1. The lowest BCUT2D eigenvalue weighted by Gasteiger charge is -2.18. The second-order valence-corrected chi connectivity index (χ2v) is 7.53. The van der Waals surface area contributed by atoms with E-state index in [-0.39, 0.29) is 5.91 Å². The molecule has 1 aromatic heterocycles. The molecule has 2 aromatic carbocycles. The number of nitrogens with one attached hydrogen (secondary N) is 2. The van der Waals surface area contributed by atoms with Crippen LogP contribution < -0.4 is 15.5 Å². The minimum Gasteiger partial charge on any atom is -0.372 e. The third-order valence-corrected chi connectivity index (χ3v) is 5.48. The zero-order valence-electron chi connectivity index (χ0n) is 16.9. The minimum absolute atomic E-state index is 0.167. The molecule has 1 amide bonds.